The molecular formula is C22H27Cl2NO2. The Hall–Kier alpha value is -1.26. The summed E-state index contributed by atoms with van der Waals surface area (Å²) in [5.74, 6) is 0.774. The van der Waals surface area contributed by atoms with Gasteiger partial charge in [-0.3, -0.25) is 0 Å². The third-order valence-corrected chi connectivity index (χ3v) is 6.05. The zero-order chi connectivity index (χ0) is 18.0. The van der Waals surface area contributed by atoms with Crippen LogP contribution in [0.3, 0.4) is 0 Å². The summed E-state index contributed by atoms with van der Waals surface area (Å²) in [6.07, 6.45) is 4.63. The molecule has 0 aliphatic carbocycles. The van der Waals surface area contributed by atoms with Gasteiger partial charge < -0.3 is 14.7 Å². The number of ether oxygens (including phenoxy) is 1. The highest BCUT2D eigenvalue weighted by Crippen LogP contribution is 2.46. The van der Waals surface area contributed by atoms with Gasteiger partial charge in [0.2, 0.25) is 0 Å². The Bertz CT molecular complexity index is 749. The van der Waals surface area contributed by atoms with E-state index in [0.717, 1.165) is 37.2 Å². The molecule has 1 N–H and O–H groups in total. The highest BCUT2D eigenvalue weighted by molar-refractivity contribution is 6.30. The second kappa shape index (κ2) is 8.83. The van der Waals surface area contributed by atoms with Gasteiger partial charge in [0.15, 0.2) is 0 Å². The summed E-state index contributed by atoms with van der Waals surface area (Å²) in [6.45, 7) is 3.73. The molecule has 2 atom stereocenters. The molecule has 4 rings (SSSR count). The number of halogens is 2. The van der Waals surface area contributed by atoms with E-state index < -0.39 is 5.60 Å². The predicted molar refractivity (Wildman–Crippen MR) is 112 cm³/mol. The molecule has 2 aliphatic heterocycles. The fraction of sp³-hybridized carbons (Fsp3) is 0.455. The number of fused-ring (bicyclic) bond motifs is 1. The standard InChI is InChI=1S/C22H26ClNO2.ClH/c23-19-9-10-20-21(15-19)26-14-11-18(16-24-12-5-2-6-13-24)22(20,25)17-7-3-1-4-8-17;/h1,3-4,7-10,15,18,25H,2,5-6,11-14,16H2;1H/t18-,22+;/m1./s1. The first-order valence-electron chi connectivity index (χ1n) is 9.61. The van der Waals surface area contributed by atoms with E-state index in [0.29, 0.717) is 17.4 Å². The highest BCUT2D eigenvalue weighted by Gasteiger charge is 2.44. The van der Waals surface area contributed by atoms with Gasteiger partial charge in [-0.2, -0.15) is 0 Å². The maximum atomic E-state index is 12.1. The molecule has 1 fully saturated rings. The molecule has 1 saturated heterocycles. The van der Waals surface area contributed by atoms with Crippen molar-refractivity contribution in [1.82, 2.24) is 4.90 Å². The van der Waals surface area contributed by atoms with E-state index in [4.69, 9.17) is 16.3 Å². The molecular weight excluding hydrogens is 381 g/mol. The van der Waals surface area contributed by atoms with Gasteiger partial charge in [-0.25, -0.2) is 0 Å². The molecule has 0 spiro atoms. The largest absolute Gasteiger partial charge is 0.493 e. The number of nitrogens with zero attached hydrogens (tertiary/aromatic N) is 1. The number of likely N-dealkylation sites (tertiary alicyclic amines) is 1. The van der Waals surface area contributed by atoms with Crippen LogP contribution >= 0.6 is 24.0 Å². The number of benzene rings is 2. The van der Waals surface area contributed by atoms with Crippen LogP contribution in [-0.2, 0) is 5.60 Å². The van der Waals surface area contributed by atoms with Crippen molar-refractivity contribution in [3.8, 4) is 5.75 Å². The Morgan fingerprint density at radius 3 is 2.56 bits per heavy atom. The zero-order valence-corrected chi connectivity index (χ0v) is 17.0. The lowest BCUT2D eigenvalue weighted by molar-refractivity contribution is -0.00468. The van der Waals surface area contributed by atoms with Gasteiger partial charge in [0.1, 0.15) is 11.4 Å². The number of rotatable bonds is 3. The Labute approximate surface area is 172 Å². The van der Waals surface area contributed by atoms with Gasteiger partial charge in [-0.05, 0) is 50.0 Å². The van der Waals surface area contributed by atoms with E-state index in [9.17, 15) is 5.11 Å². The van der Waals surface area contributed by atoms with Crippen LogP contribution in [0, 0.1) is 5.92 Å². The van der Waals surface area contributed by atoms with Crippen LogP contribution in [0.5, 0.6) is 5.75 Å². The summed E-state index contributed by atoms with van der Waals surface area (Å²) in [7, 11) is 0. The number of hydrogen-bond donors (Lipinski definition) is 1. The van der Waals surface area contributed by atoms with E-state index in [1.54, 1.807) is 0 Å². The van der Waals surface area contributed by atoms with Crippen molar-refractivity contribution in [3.63, 3.8) is 0 Å². The average Bonchev–Trinajstić information content (AvgIpc) is 2.81. The Balaban J connectivity index is 0.00000210. The molecule has 2 aromatic carbocycles. The minimum absolute atomic E-state index is 0. The summed E-state index contributed by atoms with van der Waals surface area (Å²) in [5, 5.41) is 12.7. The normalized spacial score (nSPS) is 25.6. The molecule has 0 radical (unpaired) electrons. The molecule has 0 saturated carbocycles. The smallest absolute Gasteiger partial charge is 0.127 e. The van der Waals surface area contributed by atoms with Gasteiger partial charge in [0.05, 0.1) is 6.61 Å². The predicted octanol–water partition coefficient (Wildman–Crippen LogP) is 4.88. The summed E-state index contributed by atoms with van der Waals surface area (Å²) < 4.78 is 6.00. The zero-order valence-electron chi connectivity index (χ0n) is 15.4. The highest BCUT2D eigenvalue weighted by atomic mass is 35.5. The van der Waals surface area contributed by atoms with E-state index >= 15 is 0 Å². The topological polar surface area (TPSA) is 32.7 Å². The second-order valence-electron chi connectivity index (χ2n) is 7.47. The minimum atomic E-state index is -1.07. The van der Waals surface area contributed by atoms with Crippen molar-refractivity contribution in [2.24, 2.45) is 5.92 Å². The van der Waals surface area contributed by atoms with Crippen LogP contribution in [0.2, 0.25) is 5.02 Å². The lowest BCUT2D eigenvalue weighted by atomic mass is 9.74. The third kappa shape index (κ3) is 4.12. The van der Waals surface area contributed by atoms with Crippen molar-refractivity contribution in [2.45, 2.75) is 31.3 Å². The van der Waals surface area contributed by atoms with Crippen LogP contribution in [0.15, 0.2) is 48.5 Å². The molecule has 2 heterocycles. The minimum Gasteiger partial charge on any atom is -0.493 e. The molecule has 146 valence electrons. The summed E-state index contributed by atoms with van der Waals surface area (Å²) in [6, 6.07) is 15.6. The SMILES string of the molecule is Cl.O[C@]1(c2ccccc2)c2ccc(Cl)cc2OCC[C@@H]1CN1CCCCC1. The van der Waals surface area contributed by atoms with Gasteiger partial charge in [0, 0.05) is 23.0 Å². The quantitative estimate of drug-likeness (QED) is 0.786. The maximum absolute atomic E-state index is 12.1. The van der Waals surface area contributed by atoms with E-state index in [1.165, 1.54) is 19.3 Å². The van der Waals surface area contributed by atoms with E-state index in [2.05, 4.69) is 4.90 Å². The Morgan fingerprint density at radius 2 is 1.81 bits per heavy atom. The fourth-order valence-corrected chi connectivity index (χ4v) is 4.59. The molecule has 0 bridgehead atoms. The molecule has 0 amide bonds. The number of hydrogen-bond acceptors (Lipinski definition) is 3. The van der Waals surface area contributed by atoms with Crippen molar-refractivity contribution < 1.29 is 9.84 Å². The first-order chi connectivity index (χ1) is 12.7. The molecule has 0 aromatic heterocycles. The van der Waals surface area contributed by atoms with Crippen molar-refractivity contribution in [1.29, 1.82) is 0 Å². The van der Waals surface area contributed by atoms with E-state index in [1.807, 2.05) is 48.5 Å². The lowest BCUT2D eigenvalue weighted by Crippen LogP contribution is -2.44. The van der Waals surface area contributed by atoms with Crippen LogP contribution in [0.1, 0.15) is 36.8 Å². The van der Waals surface area contributed by atoms with Gasteiger partial charge >= 0.3 is 0 Å². The average molecular weight is 408 g/mol. The first-order valence-corrected chi connectivity index (χ1v) is 9.99. The van der Waals surface area contributed by atoms with Crippen molar-refractivity contribution in [2.75, 3.05) is 26.2 Å². The summed E-state index contributed by atoms with van der Waals surface area (Å²) >= 11 is 6.19. The first kappa shape index (κ1) is 20.5. The molecule has 2 aliphatic rings. The van der Waals surface area contributed by atoms with Crippen LogP contribution in [0.25, 0.3) is 0 Å². The summed E-state index contributed by atoms with van der Waals surface area (Å²) in [5.41, 5.74) is 0.679. The van der Waals surface area contributed by atoms with Crippen molar-refractivity contribution >= 4 is 24.0 Å². The molecule has 2 aromatic rings. The second-order valence-corrected chi connectivity index (χ2v) is 7.90. The van der Waals surface area contributed by atoms with Gasteiger partial charge in [0.25, 0.3) is 0 Å². The summed E-state index contributed by atoms with van der Waals surface area (Å²) in [4.78, 5) is 2.50. The molecule has 0 unspecified atom stereocenters. The third-order valence-electron chi connectivity index (χ3n) is 5.81. The van der Waals surface area contributed by atoms with Crippen LogP contribution in [-0.4, -0.2) is 36.2 Å². The van der Waals surface area contributed by atoms with Crippen molar-refractivity contribution in [3.05, 3.63) is 64.7 Å². The lowest BCUT2D eigenvalue weighted by Gasteiger charge is -2.39. The van der Waals surface area contributed by atoms with Gasteiger partial charge in [-0.15, -0.1) is 12.4 Å². The number of aliphatic hydroxyl groups is 1. The Morgan fingerprint density at radius 1 is 1.07 bits per heavy atom. The Kier molecular flexibility index (Phi) is 6.69. The molecule has 5 heteroatoms. The van der Waals surface area contributed by atoms with E-state index in [-0.39, 0.29) is 18.3 Å². The number of piperidine rings is 1. The molecule has 3 nitrogen and oxygen atoms in total. The molecule has 27 heavy (non-hydrogen) atoms. The van der Waals surface area contributed by atoms with Gasteiger partial charge in [-0.1, -0.05) is 54.4 Å². The monoisotopic (exact) mass is 407 g/mol. The fourth-order valence-electron chi connectivity index (χ4n) is 4.43. The maximum Gasteiger partial charge on any atom is 0.127 e. The van der Waals surface area contributed by atoms with Crippen LogP contribution in [0.4, 0.5) is 0 Å². The van der Waals surface area contributed by atoms with Crippen LogP contribution < -0.4 is 4.74 Å².